The van der Waals surface area contributed by atoms with Crippen molar-refractivity contribution in [2.24, 2.45) is 10.3 Å². The Morgan fingerprint density at radius 3 is 1.67 bits per heavy atom. The van der Waals surface area contributed by atoms with E-state index >= 15 is 0 Å². The van der Waals surface area contributed by atoms with Crippen LogP contribution in [0, 0.1) is 0 Å². The Hall–Kier alpha value is -0.660. The molecule has 1 heterocycles. The first-order valence-electron chi connectivity index (χ1n) is 3.88. The first-order chi connectivity index (χ1) is 7.28. The van der Waals surface area contributed by atoms with Gasteiger partial charge in [-0.25, -0.2) is 0 Å². The van der Waals surface area contributed by atoms with Crippen molar-refractivity contribution >= 4 is 47.3 Å². The van der Waals surface area contributed by atoms with Crippen LogP contribution in [0.25, 0.3) is 0 Å². The van der Waals surface area contributed by atoms with Gasteiger partial charge in [-0.2, -0.15) is 0 Å². The number of hydrogen-bond donors (Lipinski definition) is 2. The lowest BCUT2D eigenvalue weighted by Gasteiger charge is -1.94. The Balaban J connectivity index is 3.33. The molecule has 0 fully saturated rings. The van der Waals surface area contributed by atoms with Crippen LogP contribution in [0.1, 0.15) is 11.1 Å². The van der Waals surface area contributed by atoms with Crippen LogP contribution in [0.2, 0.25) is 0 Å². The van der Waals surface area contributed by atoms with Crippen molar-refractivity contribution in [2.45, 2.75) is 8.42 Å². The highest BCUT2D eigenvalue weighted by Crippen LogP contribution is 2.38. The molecule has 4 nitrogen and oxygen atoms in total. The molecule has 15 heavy (non-hydrogen) atoms. The summed E-state index contributed by atoms with van der Waals surface area (Å²) in [6.07, 6.45) is 6.62. The normalized spacial score (nSPS) is 11.9. The molecule has 0 unspecified atom stereocenters. The van der Waals surface area contributed by atoms with Crippen LogP contribution < -0.4 is 0 Å². The van der Waals surface area contributed by atoms with E-state index in [-0.39, 0.29) is 0 Å². The van der Waals surface area contributed by atoms with Crippen LogP contribution >= 0.6 is 34.9 Å². The molecule has 0 saturated carbocycles. The second-order valence-corrected chi connectivity index (χ2v) is 5.57. The third-order valence-corrected chi connectivity index (χ3v) is 5.15. The van der Waals surface area contributed by atoms with Gasteiger partial charge in [0.2, 0.25) is 0 Å². The van der Waals surface area contributed by atoms with Gasteiger partial charge >= 0.3 is 0 Å². The zero-order valence-electron chi connectivity index (χ0n) is 8.17. The minimum Gasteiger partial charge on any atom is -0.411 e. The fourth-order valence-electron chi connectivity index (χ4n) is 1.08. The Bertz CT molecular complexity index is 353. The molecule has 0 saturated heterocycles. The summed E-state index contributed by atoms with van der Waals surface area (Å²) in [5.74, 6) is 0. The van der Waals surface area contributed by atoms with Crippen LogP contribution in [-0.4, -0.2) is 35.4 Å². The molecule has 1 rings (SSSR count). The summed E-state index contributed by atoms with van der Waals surface area (Å²) in [5, 5.41) is 23.2. The number of oxime groups is 2. The van der Waals surface area contributed by atoms with Gasteiger partial charge in [-0.05, 0) is 12.5 Å². The summed E-state index contributed by atoms with van der Waals surface area (Å²) in [5.41, 5.74) is 1.58. The molecule has 7 heteroatoms. The fourth-order valence-corrected chi connectivity index (χ4v) is 3.88. The van der Waals surface area contributed by atoms with E-state index in [1.807, 2.05) is 12.5 Å². The average Bonchev–Trinajstić information content (AvgIpc) is 2.58. The first kappa shape index (κ1) is 12.4. The van der Waals surface area contributed by atoms with Crippen LogP contribution in [-0.2, 0) is 0 Å². The first-order valence-corrected chi connectivity index (χ1v) is 7.14. The minimum absolute atomic E-state index is 0.789. The van der Waals surface area contributed by atoms with E-state index in [2.05, 4.69) is 10.3 Å². The summed E-state index contributed by atoms with van der Waals surface area (Å²) in [7, 11) is 0. The monoisotopic (exact) mass is 262 g/mol. The maximum absolute atomic E-state index is 8.57. The lowest BCUT2D eigenvalue weighted by atomic mass is 10.2. The third kappa shape index (κ3) is 2.67. The van der Waals surface area contributed by atoms with E-state index < -0.39 is 0 Å². The molecule has 0 radical (unpaired) electrons. The van der Waals surface area contributed by atoms with Crippen molar-refractivity contribution in [3.63, 3.8) is 0 Å². The van der Waals surface area contributed by atoms with Gasteiger partial charge in [0.05, 0.1) is 20.8 Å². The maximum Gasteiger partial charge on any atom is 0.0760 e. The lowest BCUT2D eigenvalue weighted by molar-refractivity contribution is 0.321. The van der Waals surface area contributed by atoms with E-state index in [9.17, 15) is 0 Å². The Morgan fingerprint density at radius 2 is 1.40 bits per heavy atom. The third-order valence-electron chi connectivity index (χ3n) is 1.66. The maximum atomic E-state index is 8.57. The quantitative estimate of drug-likeness (QED) is 0.379. The molecule has 2 N–H and O–H groups in total. The Labute approximate surface area is 100 Å². The Kier molecular flexibility index (Phi) is 5.00. The SMILES string of the molecule is CSc1sc(SC)c(C=NO)c1C=NO. The molecule has 0 aliphatic rings. The van der Waals surface area contributed by atoms with Crippen LogP contribution in [0.3, 0.4) is 0 Å². The van der Waals surface area contributed by atoms with Crippen molar-refractivity contribution in [3.05, 3.63) is 11.1 Å². The second-order valence-electron chi connectivity index (χ2n) is 2.40. The summed E-state index contributed by atoms with van der Waals surface area (Å²) in [6, 6.07) is 0. The number of hydrogen-bond acceptors (Lipinski definition) is 7. The van der Waals surface area contributed by atoms with Crippen molar-refractivity contribution in [1.82, 2.24) is 0 Å². The van der Waals surface area contributed by atoms with Crippen molar-refractivity contribution in [3.8, 4) is 0 Å². The van der Waals surface area contributed by atoms with Crippen molar-refractivity contribution in [2.75, 3.05) is 12.5 Å². The summed E-state index contributed by atoms with van der Waals surface area (Å²) in [6.45, 7) is 0. The standard InChI is InChI=1S/C8H10N2O2S3/c1-13-7-5(3-9-11)6(4-10-12)8(14-2)15-7/h3-4,11-12H,1-2H3. The molecule has 0 spiro atoms. The predicted octanol–water partition coefficient (Wildman–Crippen LogP) is 2.81. The molecule has 0 aliphatic carbocycles. The van der Waals surface area contributed by atoms with Crippen molar-refractivity contribution < 1.29 is 10.4 Å². The second kappa shape index (κ2) is 6.04. The van der Waals surface area contributed by atoms with Crippen molar-refractivity contribution in [1.29, 1.82) is 0 Å². The van der Waals surface area contributed by atoms with Gasteiger partial charge < -0.3 is 10.4 Å². The number of thiophene rings is 1. The van der Waals surface area contributed by atoms with E-state index in [0.29, 0.717) is 0 Å². The van der Waals surface area contributed by atoms with Crippen LogP contribution in [0.4, 0.5) is 0 Å². The number of nitrogens with zero attached hydrogens (tertiary/aromatic N) is 2. The molecule has 0 atom stereocenters. The molecule has 0 amide bonds. The Morgan fingerprint density at radius 1 is 1.00 bits per heavy atom. The highest BCUT2D eigenvalue weighted by Gasteiger charge is 2.14. The lowest BCUT2D eigenvalue weighted by Crippen LogP contribution is -1.89. The van der Waals surface area contributed by atoms with Crippen LogP contribution in [0.15, 0.2) is 18.7 Å². The smallest absolute Gasteiger partial charge is 0.0760 e. The highest BCUT2D eigenvalue weighted by molar-refractivity contribution is 8.02. The molecule has 0 bridgehead atoms. The van der Waals surface area contributed by atoms with Gasteiger partial charge in [-0.1, -0.05) is 10.3 Å². The van der Waals surface area contributed by atoms with Gasteiger partial charge in [0.25, 0.3) is 0 Å². The molecule has 0 aliphatic heterocycles. The molecule has 1 aromatic heterocycles. The van der Waals surface area contributed by atoms with Gasteiger partial charge in [-0.15, -0.1) is 34.9 Å². The van der Waals surface area contributed by atoms with E-state index in [0.717, 1.165) is 19.5 Å². The largest absolute Gasteiger partial charge is 0.411 e. The molecule has 0 aromatic carbocycles. The number of rotatable bonds is 4. The molecule has 82 valence electrons. The fraction of sp³-hybridized carbons (Fsp3) is 0.250. The number of thioether (sulfide) groups is 2. The van der Waals surface area contributed by atoms with Gasteiger partial charge in [0, 0.05) is 11.1 Å². The van der Waals surface area contributed by atoms with E-state index in [1.165, 1.54) is 12.4 Å². The summed E-state index contributed by atoms with van der Waals surface area (Å²) >= 11 is 4.73. The minimum atomic E-state index is 0.789. The van der Waals surface area contributed by atoms with E-state index in [1.54, 1.807) is 34.9 Å². The highest BCUT2D eigenvalue weighted by atomic mass is 32.2. The van der Waals surface area contributed by atoms with Gasteiger partial charge in [0.15, 0.2) is 0 Å². The predicted molar refractivity (Wildman–Crippen MR) is 66.6 cm³/mol. The zero-order valence-corrected chi connectivity index (χ0v) is 10.6. The average molecular weight is 262 g/mol. The van der Waals surface area contributed by atoms with Gasteiger partial charge in [-0.3, -0.25) is 0 Å². The zero-order chi connectivity index (χ0) is 11.3. The summed E-state index contributed by atoms with van der Waals surface area (Å²) < 4.78 is 2.07. The van der Waals surface area contributed by atoms with Crippen LogP contribution in [0.5, 0.6) is 0 Å². The topological polar surface area (TPSA) is 65.2 Å². The molecular weight excluding hydrogens is 252 g/mol. The molecule has 1 aromatic rings. The van der Waals surface area contributed by atoms with Gasteiger partial charge in [0.1, 0.15) is 0 Å². The van der Waals surface area contributed by atoms with E-state index in [4.69, 9.17) is 10.4 Å². The molecular formula is C8H10N2O2S3. The summed E-state index contributed by atoms with van der Waals surface area (Å²) in [4.78, 5) is 0.